The van der Waals surface area contributed by atoms with Gasteiger partial charge in [0.15, 0.2) is 0 Å². The monoisotopic (exact) mass is 328 g/mol. The highest BCUT2D eigenvalue weighted by Gasteiger charge is 2.03. The van der Waals surface area contributed by atoms with Crippen LogP contribution in [-0.2, 0) is 12.8 Å². The van der Waals surface area contributed by atoms with E-state index in [1.807, 2.05) is 12.1 Å². The third-order valence-corrected chi connectivity index (χ3v) is 4.37. The highest BCUT2D eigenvalue weighted by atomic mass is 16.3. The molecule has 0 aliphatic heterocycles. The maximum absolute atomic E-state index is 5.51. The lowest BCUT2D eigenvalue weighted by Gasteiger charge is -2.07. The SMILES string of the molecule is CC(=C=C(CCc1ccccc1)CCc1ccccc1)c1ccco1. The normalized spacial score (nSPS) is 10.3. The molecule has 1 nitrogen and oxygen atoms in total. The van der Waals surface area contributed by atoms with E-state index in [0.717, 1.165) is 37.0 Å². The first-order valence-corrected chi connectivity index (χ1v) is 8.88. The molecule has 0 atom stereocenters. The van der Waals surface area contributed by atoms with Crippen LogP contribution in [0.1, 0.15) is 36.7 Å². The van der Waals surface area contributed by atoms with Crippen molar-refractivity contribution < 1.29 is 4.42 Å². The summed E-state index contributed by atoms with van der Waals surface area (Å²) in [7, 11) is 0. The van der Waals surface area contributed by atoms with Crippen LogP contribution in [0.4, 0.5) is 0 Å². The second kappa shape index (κ2) is 8.92. The molecule has 2 aromatic carbocycles. The zero-order valence-electron chi connectivity index (χ0n) is 14.7. The van der Waals surface area contributed by atoms with Crippen LogP contribution in [0.3, 0.4) is 0 Å². The van der Waals surface area contributed by atoms with Gasteiger partial charge in [0.05, 0.1) is 6.26 Å². The van der Waals surface area contributed by atoms with Gasteiger partial charge in [0.2, 0.25) is 0 Å². The Morgan fingerprint density at radius 2 is 1.32 bits per heavy atom. The summed E-state index contributed by atoms with van der Waals surface area (Å²) >= 11 is 0. The van der Waals surface area contributed by atoms with Crippen LogP contribution in [0.25, 0.3) is 5.57 Å². The molecule has 0 saturated heterocycles. The van der Waals surface area contributed by atoms with Gasteiger partial charge in [-0.2, -0.15) is 0 Å². The van der Waals surface area contributed by atoms with Crippen molar-refractivity contribution in [2.45, 2.75) is 32.6 Å². The van der Waals surface area contributed by atoms with Gasteiger partial charge in [-0.25, -0.2) is 0 Å². The Morgan fingerprint density at radius 1 is 0.760 bits per heavy atom. The quantitative estimate of drug-likeness (QED) is 0.453. The van der Waals surface area contributed by atoms with Gasteiger partial charge >= 0.3 is 0 Å². The molecule has 0 fully saturated rings. The molecule has 0 unspecified atom stereocenters. The summed E-state index contributed by atoms with van der Waals surface area (Å²) in [6, 6.07) is 25.2. The van der Waals surface area contributed by atoms with Crippen molar-refractivity contribution in [2.24, 2.45) is 0 Å². The number of allylic oxidation sites excluding steroid dienone is 1. The van der Waals surface area contributed by atoms with E-state index in [1.54, 1.807) is 6.26 Å². The number of rotatable bonds is 7. The standard InChI is InChI=1S/C24H24O/c1-20(24-13-8-18-25-24)19-23(16-14-21-9-4-2-5-10-21)17-15-22-11-6-3-7-12-22/h2-13,18H,14-17H2,1H3. The molecule has 0 aliphatic carbocycles. The number of furan rings is 1. The van der Waals surface area contributed by atoms with Crippen molar-refractivity contribution in [3.05, 3.63) is 107 Å². The maximum atomic E-state index is 5.51. The Hall–Kier alpha value is -2.76. The van der Waals surface area contributed by atoms with Crippen molar-refractivity contribution in [1.82, 2.24) is 0 Å². The van der Waals surface area contributed by atoms with Gasteiger partial charge in [0.25, 0.3) is 0 Å². The van der Waals surface area contributed by atoms with E-state index in [0.29, 0.717) is 0 Å². The van der Waals surface area contributed by atoms with Crippen molar-refractivity contribution in [3.63, 3.8) is 0 Å². The summed E-state index contributed by atoms with van der Waals surface area (Å²) in [4.78, 5) is 0. The second-order valence-electron chi connectivity index (χ2n) is 6.30. The van der Waals surface area contributed by atoms with Gasteiger partial charge in [-0.15, -0.1) is 5.73 Å². The Balaban J connectivity index is 1.76. The van der Waals surface area contributed by atoms with E-state index in [-0.39, 0.29) is 0 Å². The van der Waals surface area contributed by atoms with E-state index in [2.05, 4.69) is 73.3 Å². The minimum atomic E-state index is 0.900. The van der Waals surface area contributed by atoms with Crippen LogP contribution in [0.15, 0.2) is 94.8 Å². The predicted molar refractivity (Wildman–Crippen MR) is 104 cm³/mol. The second-order valence-corrected chi connectivity index (χ2v) is 6.30. The molecule has 1 heterocycles. The summed E-state index contributed by atoms with van der Waals surface area (Å²) in [5, 5.41) is 0. The predicted octanol–water partition coefficient (Wildman–Crippen LogP) is 6.47. The van der Waals surface area contributed by atoms with Crippen LogP contribution in [0, 0.1) is 0 Å². The molecule has 3 aromatic rings. The molecule has 1 heteroatoms. The molecule has 0 aliphatic rings. The van der Waals surface area contributed by atoms with Gasteiger partial charge in [-0.3, -0.25) is 0 Å². The molecule has 1 aromatic heterocycles. The summed E-state index contributed by atoms with van der Waals surface area (Å²) in [6.07, 6.45) is 5.85. The molecular weight excluding hydrogens is 304 g/mol. The van der Waals surface area contributed by atoms with Crippen molar-refractivity contribution in [2.75, 3.05) is 0 Å². The third-order valence-electron chi connectivity index (χ3n) is 4.37. The number of benzene rings is 2. The highest BCUT2D eigenvalue weighted by Crippen LogP contribution is 2.19. The molecular formula is C24H24O. The maximum Gasteiger partial charge on any atom is 0.137 e. The third kappa shape index (κ3) is 5.38. The lowest BCUT2D eigenvalue weighted by Crippen LogP contribution is -1.93. The molecule has 0 amide bonds. The zero-order chi connectivity index (χ0) is 17.3. The summed E-state index contributed by atoms with van der Waals surface area (Å²) in [6.45, 7) is 2.07. The van der Waals surface area contributed by atoms with Crippen LogP contribution in [0.5, 0.6) is 0 Å². The van der Waals surface area contributed by atoms with E-state index in [4.69, 9.17) is 4.42 Å². The van der Waals surface area contributed by atoms with E-state index in [1.165, 1.54) is 16.7 Å². The van der Waals surface area contributed by atoms with Gasteiger partial charge in [0.1, 0.15) is 5.76 Å². The number of aryl methyl sites for hydroxylation is 2. The van der Waals surface area contributed by atoms with Crippen LogP contribution < -0.4 is 0 Å². The fourth-order valence-corrected chi connectivity index (χ4v) is 2.95. The molecule has 0 bridgehead atoms. The summed E-state index contributed by atoms with van der Waals surface area (Å²) in [5.74, 6) is 0.900. The summed E-state index contributed by atoms with van der Waals surface area (Å²) in [5.41, 5.74) is 8.76. The first kappa shape index (κ1) is 17.1. The number of hydrogen-bond donors (Lipinski definition) is 0. The van der Waals surface area contributed by atoms with Crippen LogP contribution in [0.2, 0.25) is 0 Å². The largest absolute Gasteiger partial charge is 0.464 e. The average Bonchev–Trinajstić information content (AvgIpc) is 3.20. The van der Waals surface area contributed by atoms with Crippen LogP contribution >= 0.6 is 0 Å². The van der Waals surface area contributed by atoms with Gasteiger partial charge < -0.3 is 4.42 Å². The molecule has 0 saturated carbocycles. The molecule has 25 heavy (non-hydrogen) atoms. The van der Waals surface area contributed by atoms with Crippen molar-refractivity contribution in [1.29, 1.82) is 0 Å². The fraction of sp³-hybridized carbons (Fsp3) is 0.208. The zero-order valence-corrected chi connectivity index (χ0v) is 14.7. The average molecular weight is 328 g/mol. The van der Waals surface area contributed by atoms with Gasteiger partial charge in [-0.1, -0.05) is 60.7 Å². The van der Waals surface area contributed by atoms with E-state index in [9.17, 15) is 0 Å². The molecule has 0 N–H and O–H groups in total. The molecule has 0 spiro atoms. The Morgan fingerprint density at radius 3 is 1.80 bits per heavy atom. The van der Waals surface area contributed by atoms with Crippen LogP contribution in [-0.4, -0.2) is 0 Å². The highest BCUT2D eigenvalue weighted by molar-refractivity contribution is 5.58. The van der Waals surface area contributed by atoms with Gasteiger partial charge in [0, 0.05) is 5.57 Å². The first-order valence-electron chi connectivity index (χ1n) is 8.88. The lowest BCUT2D eigenvalue weighted by molar-refractivity contribution is 0.553. The minimum absolute atomic E-state index is 0.900. The molecule has 126 valence electrons. The Kier molecular flexibility index (Phi) is 6.09. The minimum Gasteiger partial charge on any atom is -0.464 e. The fourth-order valence-electron chi connectivity index (χ4n) is 2.95. The number of hydrogen-bond acceptors (Lipinski definition) is 1. The lowest BCUT2D eigenvalue weighted by atomic mass is 9.98. The van der Waals surface area contributed by atoms with Crippen molar-refractivity contribution >= 4 is 5.57 Å². The molecule has 3 rings (SSSR count). The van der Waals surface area contributed by atoms with Crippen molar-refractivity contribution in [3.8, 4) is 0 Å². The van der Waals surface area contributed by atoms with Gasteiger partial charge in [-0.05, 0) is 61.4 Å². The Bertz CT molecular complexity index is 775. The van der Waals surface area contributed by atoms with E-state index < -0.39 is 0 Å². The molecule has 0 radical (unpaired) electrons. The topological polar surface area (TPSA) is 13.1 Å². The smallest absolute Gasteiger partial charge is 0.137 e. The first-order chi connectivity index (χ1) is 12.3. The summed E-state index contributed by atoms with van der Waals surface area (Å²) < 4.78 is 5.51. The Labute approximate surface area is 150 Å². The van der Waals surface area contributed by atoms with E-state index >= 15 is 0 Å².